The topological polar surface area (TPSA) is 0 Å². The van der Waals surface area contributed by atoms with E-state index in [2.05, 4.69) is 61.7 Å². The van der Waals surface area contributed by atoms with Gasteiger partial charge in [-0.15, -0.1) is 11.3 Å². The molecule has 1 heteroatoms. The third-order valence-electron chi connectivity index (χ3n) is 2.30. The Balaban J connectivity index is 2.52. The Labute approximate surface area is 94.9 Å². The third kappa shape index (κ3) is 2.18. The minimum atomic E-state index is 1.29. The molecule has 76 valence electrons. The fourth-order valence-electron chi connectivity index (χ4n) is 1.62. The molecule has 0 unspecified atom stereocenters. The highest BCUT2D eigenvalue weighted by atomic mass is 32.1. The van der Waals surface area contributed by atoms with Gasteiger partial charge in [0, 0.05) is 4.88 Å². The van der Waals surface area contributed by atoms with Crippen LogP contribution in [0, 0.1) is 6.92 Å². The summed E-state index contributed by atoms with van der Waals surface area (Å²) < 4.78 is 0. The summed E-state index contributed by atoms with van der Waals surface area (Å²) in [5, 5.41) is 2.20. The first-order valence-corrected chi connectivity index (χ1v) is 5.96. The van der Waals surface area contributed by atoms with Gasteiger partial charge in [-0.25, -0.2) is 0 Å². The van der Waals surface area contributed by atoms with Crippen molar-refractivity contribution in [2.45, 2.75) is 13.8 Å². The van der Waals surface area contributed by atoms with Crippen LogP contribution in [0.15, 0.2) is 41.8 Å². The van der Waals surface area contributed by atoms with Crippen molar-refractivity contribution < 1.29 is 0 Å². The van der Waals surface area contributed by atoms with Crippen molar-refractivity contribution in [2.24, 2.45) is 0 Å². The Morgan fingerprint density at radius 1 is 1.20 bits per heavy atom. The van der Waals surface area contributed by atoms with Crippen LogP contribution in [0.1, 0.15) is 18.1 Å². The van der Waals surface area contributed by atoms with E-state index in [1.54, 1.807) is 0 Å². The molecule has 0 saturated heterocycles. The molecule has 0 atom stereocenters. The fourth-order valence-corrected chi connectivity index (χ4v) is 2.57. The second kappa shape index (κ2) is 4.45. The van der Waals surface area contributed by atoms with Gasteiger partial charge in [-0.1, -0.05) is 36.4 Å². The third-order valence-corrected chi connectivity index (χ3v) is 3.38. The zero-order chi connectivity index (χ0) is 10.7. The summed E-state index contributed by atoms with van der Waals surface area (Å²) in [6.07, 6.45) is 4.24. The molecule has 0 aliphatic carbocycles. The maximum atomic E-state index is 2.24. The second-order valence-electron chi connectivity index (χ2n) is 3.58. The van der Waals surface area contributed by atoms with Crippen molar-refractivity contribution in [3.05, 3.63) is 52.9 Å². The maximum Gasteiger partial charge on any atom is 0.0351 e. The lowest BCUT2D eigenvalue weighted by atomic mass is 10.1. The van der Waals surface area contributed by atoms with E-state index in [-0.39, 0.29) is 0 Å². The summed E-state index contributed by atoms with van der Waals surface area (Å²) in [5.74, 6) is 0. The van der Waals surface area contributed by atoms with Gasteiger partial charge >= 0.3 is 0 Å². The molecule has 0 saturated carbocycles. The van der Waals surface area contributed by atoms with Crippen molar-refractivity contribution in [1.29, 1.82) is 0 Å². The molecule has 1 aromatic carbocycles. The van der Waals surface area contributed by atoms with Crippen LogP contribution in [0.4, 0.5) is 0 Å². The molecule has 0 amide bonds. The van der Waals surface area contributed by atoms with E-state index in [4.69, 9.17) is 0 Å². The van der Waals surface area contributed by atoms with E-state index in [0.29, 0.717) is 0 Å². The van der Waals surface area contributed by atoms with Crippen LogP contribution in [-0.2, 0) is 0 Å². The van der Waals surface area contributed by atoms with Gasteiger partial charge in [0.2, 0.25) is 0 Å². The first kappa shape index (κ1) is 10.2. The number of rotatable bonds is 2. The monoisotopic (exact) mass is 214 g/mol. The lowest BCUT2D eigenvalue weighted by Gasteiger charge is -2.02. The Hall–Kier alpha value is -1.34. The van der Waals surface area contributed by atoms with Crippen LogP contribution in [0.5, 0.6) is 0 Å². The number of hydrogen-bond acceptors (Lipinski definition) is 1. The molecular formula is C14H14S. The number of allylic oxidation sites excluding steroid dienone is 1. The first-order chi connectivity index (χ1) is 7.31. The predicted molar refractivity (Wildman–Crippen MR) is 69.2 cm³/mol. The number of thiophene rings is 1. The summed E-state index contributed by atoms with van der Waals surface area (Å²) in [4.78, 5) is 1.35. The van der Waals surface area contributed by atoms with Gasteiger partial charge in [-0.2, -0.15) is 0 Å². The zero-order valence-corrected chi connectivity index (χ0v) is 9.84. The van der Waals surface area contributed by atoms with Gasteiger partial charge < -0.3 is 0 Å². The molecule has 0 aliphatic rings. The number of hydrogen-bond donors (Lipinski definition) is 0. The lowest BCUT2D eigenvalue weighted by molar-refractivity contribution is 1.55. The molecule has 0 fully saturated rings. The molecule has 15 heavy (non-hydrogen) atoms. The zero-order valence-electron chi connectivity index (χ0n) is 9.03. The molecule has 0 spiro atoms. The van der Waals surface area contributed by atoms with Gasteiger partial charge in [-0.3, -0.25) is 0 Å². The van der Waals surface area contributed by atoms with Crippen LogP contribution in [0.2, 0.25) is 0 Å². The number of aryl methyl sites for hydroxylation is 1. The normalized spacial score (nSPS) is 11.1. The van der Waals surface area contributed by atoms with E-state index >= 15 is 0 Å². The maximum absolute atomic E-state index is 2.24. The minimum absolute atomic E-state index is 1.29. The van der Waals surface area contributed by atoms with E-state index in [0.717, 1.165) is 0 Å². The highest BCUT2D eigenvalue weighted by Gasteiger charge is 2.03. The first-order valence-electron chi connectivity index (χ1n) is 5.08. The van der Waals surface area contributed by atoms with Crippen LogP contribution in [0.3, 0.4) is 0 Å². The predicted octanol–water partition coefficient (Wildman–Crippen LogP) is 4.76. The molecule has 1 aromatic heterocycles. The van der Waals surface area contributed by atoms with Crippen LogP contribution >= 0.6 is 11.3 Å². The van der Waals surface area contributed by atoms with Crippen molar-refractivity contribution in [2.75, 3.05) is 0 Å². The van der Waals surface area contributed by atoms with Crippen molar-refractivity contribution in [3.63, 3.8) is 0 Å². The molecule has 0 aliphatic heterocycles. The summed E-state index contributed by atoms with van der Waals surface area (Å²) >= 11 is 1.81. The van der Waals surface area contributed by atoms with Gasteiger partial charge in [0.1, 0.15) is 0 Å². The SMILES string of the molecule is CC=Cc1ccccc1-c1cc(C)cs1. The second-order valence-corrected chi connectivity index (χ2v) is 4.49. The largest absolute Gasteiger partial charge is 0.144 e. The van der Waals surface area contributed by atoms with Gasteiger partial charge in [-0.05, 0) is 42.0 Å². The van der Waals surface area contributed by atoms with Crippen molar-refractivity contribution in [1.82, 2.24) is 0 Å². The highest BCUT2D eigenvalue weighted by Crippen LogP contribution is 2.30. The molecule has 2 rings (SSSR count). The fraction of sp³-hybridized carbons (Fsp3) is 0.143. The van der Waals surface area contributed by atoms with E-state index in [1.807, 2.05) is 11.3 Å². The summed E-state index contributed by atoms with van der Waals surface area (Å²) in [7, 11) is 0. The van der Waals surface area contributed by atoms with E-state index in [9.17, 15) is 0 Å². The summed E-state index contributed by atoms with van der Waals surface area (Å²) in [6, 6.07) is 10.8. The van der Waals surface area contributed by atoms with Crippen LogP contribution in [0.25, 0.3) is 16.5 Å². The van der Waals surface area contributed by atoms with Gasteiger partial charge in [0.25, 0.3) is 0 Å². The minimum Gasteiger partial charge on any atom is -0.144 e. The Morgan fingerprint density at radius 2 is 2.00 bits per heavy atom. The smallest absolute Gasteiger partial charge is 0.0351 e. The lowest BCUT2D eigenvalue weighted by Crippen LogP contribution is -1.78. The Morgan fingerprint density at radius 3 is 2.67 bits per heavy atom. The average Bonchev–Trinajstić information content (AvgIpc) is 2.66. The molecular weight excluding hydrogens is 200 g/mol. The van der Waals surface area contributed by atoms with Crippen molar-refractivity contribution >= 4 is 17.4 Å². The standard InChI is InChI=1S/C14H14S/c1-3-6-12-7-4-5-8-13(12)14-9-11(2)10-15-14/h3-10H,1-2H3. The van der Waals surface area contributed by atoms with Gasteiger partial charge in [0.15, 0.2) is 0 Å². The summed E-state index contributed by atoms with van der Waals surface area (Å²) in [5.41, 5.74) is 3.96. The molecule has 0 N–H and O–H groups in total. The van der Waals surface area contributed by atoms with Gasteiger partial charge in [0.05, 0.1) is 0 Å². The quantitative estimate of drug-likeness (QED) is 0.676. The molecule has 2 aromatic rings. The van der Waals surface area contributed by atoms with Crippen LogP contribution < -0.4 is 0 Å². The Kier molecular flexibility index (Phi) is 3.02. The molecule has 1 heterocycles. The highest BCUT2D eigenvalue weighted by molar-refractivity contribution is 7.13. The van der Waals surface area contributed by atoms with E-state index in [1.165, 1.54) is 21.6 Å². The van der Waals surface area contributed by atoms with Crippen molar-refractivity contribution in [3.8, 4) is 10.4 Å². The number of benzene rings is 1. The average molecular weight is 214 g/mol. The summed E-state index contributed by atoms with van der Waals surface area (Å²) in [6.45, 7) is 4.19. The molecule has 0 bridgehead atoms. The Bertz CT molecular complexity index is 478. The molecule has 0 radical (unpaired) electrons. The van der Waals surface area contributed by atoms with Crippen LogP contribution in [-0.4, -0.2) is 0 Å². The van der Waals surface area contributed by atoms with E-state index < -0.39 is 0 Å². The molecule has 0 nitrogen and oxygen atoms in total.